The SMILES string of the molecule is CC(C)CN1CCN(CC2CCC(CN)CC2)CC1. The highest BCUT2D eigenvalue weighted by atomic mass is 15.3. The van der Waals surface area contributed by atoms with Gasteiger partial charge in [-0.15, -0.1) is 0 Å². The van der Waals surface area contributed by atoms with Crippen molar-refractivity contribution in [3.63, 3.8) is 0 Å². The molecular formula is C16H33N3. The van der Waals surface area contributed by atoms with Crippen molar-refractivity contribution < 1.29 is 0 Å². The summed E-state index contributed by atoms with van der Waals surface area (Å²) in [7, 11) is 0. The van der Waals surface area contributed by atoms with Crippen LogP contribution < -0.4 is 5.73 Å². The van der Waals surface area contributed by atoms with Gasteiger partial charge in [0.05, 0.1) is 0 Å². The van der Waals surface area contributed by atoms with Gasteiger partial charge in [-0.25, -0.2) is 0 Å². The maximum Gasteiger partial charge on any atom is 0.0110 e. The van der Waals surface area contributed by atoms with E-state index >= 15 is 0 Å². The summed E-state index contributed by atoms with van der Waals surface area (Å²) in [4.78, 5) is 5.33. The molecule has 2 N–H and O–H groups in total. The summed E-state index contributed by atoms with van der Waals surface area (Å²) in [5.74, 6) is 2.57. The number of nitrogens with two attached hydrogens (primary N) is 1. The molecule has 3 heteroatoms. The Morgan fingerprint density at radius 3 is 1.95 bits per heavy atom. The lowest BCUT2D eigenvalue weighted by Gasteiger charge is -2.38. The minimum absolute atomic E-state index is 0.804. The molecule has 112 valence electrons. The van der Waals surface area contributed by atoms with Crippen LogP contribution in [0.2, 0.25) is 0 Å². The van der Waals surface area contributed by atoms with Gasteiger partial charge >= 0.3 is 0 Å². The second-order valence-electron chi connectivity index (χ2n) is 7.12. The Hall–Kier alpha value is -0.120. The second kappa shape index (κ2) is 7.61. The number of rotatable bonds is 5. The van der Waals surface area contributed by atoms with Gasteiger partial charge in [-0.3, -0.25) is 0 Å². The van der Waals surface area contributed by atoms with E-state index in [1.54, 1.807) is 0 Å². The zero-order chi connectivity index (χ0) is 13.7. The number of nitrogens with zero attached hydrogens (tertiary/aromatic N) is 2. The van der Waals surface area contributed by atoms with Crippen molar-refractivity contribution in [1.82, 2.24) is 9.80 Å². The first-order chi connectivity index (χ1) is 9.17. The van der Waals surface area contributed by atoms with Crippen molar-refractivity contribution in [2.45, 2.75) is 39.5 Å². The van der Waals surface area contributed by atoms with E-state index in [-0.39, 0.29) is 0 Å². The first-order valence-corrected chi connectivity index (χ1v) is 8.32. The zero-order valence-electron chi connectivity index (χ0n) is 13.0. The summed E-state index contributed by atoms with van der Waals surface area (Å²) in [5, 5.41) is 0. The number of piperazine rings is 1. The van der Waals surface area contributed by atoms with Crippen LogP contribution in [0, 0.1) is 17.8 Å². The van der Waals surface area contributed by atoms with Crippen molar-refractivity contribution in [2.24, 2.45) is 23.5 Å². The fourth-order valence-electron chi connectivity index (χ4n) is 3.69. The Morgan fingerprint density at radius 2 is 1.42 bits per heavy atom. The third-order valence-electron chi connectivity index (χ3n) is 4.90. The van der Waals surface area contributed by atoms with Crippen LogP contribution in [0.5, 0.6) is 0 Å². The van der Waals surface area contributed by atoms with E-state index in [0.29, 0.717) is 0 Å². The monoisotopic (exact) mass is 267 g/mol. The molecule has 2 rings (SSSR count). The maximum absolute atomic E-state index is 5.77. The van der Waals surface area contributed by atoms with Crippen molar-refractivity contribution in [2.75, 3.05) is 45.8 Å². The van der Waals surface area contributed by atoms with E-state index in [1.165, 1.54) is 65.0 Å². The molecule has 0 spiro atoms. The molecule has 2 aliphatic rings. The highest BCUT2D eigenvalue weighted by Crippen LogP contribution is 2.28. The zero-order valence-corrected chi connectivity index (χ0v) is 13.0. The lowest BCUT2D eigenvalue weighted by molar-refractivity contribution is 0.0981. The van der Waals surface area contributed by atoms with Crippen molar-refractivity contribution in [3.8, 4) is 0 Å². The predicted molar refractivity (Wildman–Crippen MR) is 82.2 cm³/mol. The summed E-state index contributed by atoms with van der Waals surface area (Å²) >= 11 is 0. The van der Waals surface area contributed by atoms with Gasteiger partial charge in [0.1, 0.15) is 0 Å². The lowest BCUT2D eigenvalue weighted by atomic mass is 9.82. The molecule has 0 atom stereocenters. The molecule has 1 saturated heterocycles. The van der Waals surface area contributed by atoms with E-state index in [4.69, 9.17) is 5.73 Å². The molecule has 0 amide bonds. The average Bonchev–Trinajstić information content (AvgIpc) is 2.41. The molecule has 0 aromatic carbocycles. The molecule has 2 fully saturated rings. The van der Waals surface area contributed by atoms with Crippen LogP contribution in [0.3, 0.4) is 0 Å². The van der Waals surface area contributed by atoms with E-state index < -0.39 is 0 Å². The Bertz CT molecular complexity index is 238. The molecule has 3 nitrogen and oxygen atoms in total. The van der Waals surface area contributed by atoms with Gasteiger partial charge in [0.25, 0.3) is 0 Å². The summed E-state index contributed by atoms with van der Waals surface area (Å²) < 4.78 is 0. The van der Waals surface area contributed by atoms with Gasteiger partial charge in [-0.2, -0.15) is 0 Å². The van der Waals surface area contributed by atoms with Crippen molar-refractivity contribution in [3.05, 3.63) is 0 Å². The molecule has 1 saturated carbocycles. The second-order valence-corrected chi connectivity index (χ2v) is 7.12. The molecular weight excluding hydrogens is 234 g/mol. The summed E-state index contributed by atoms with van der Waals surface area (Å²) in [6, 6.07) is 0. The quantitative estimate of drug-likeness (QED) is 0.827. The van der Waals surface area contributed by atoms with Gasteiger partial charge in [0.15, 0.2) is 0 Å². The molecule has 0 aromatic heterocycles. The van der Waals surface area contributed by atoms with Crippen molar-refractivity contribution in [1.29, 1.82) is 0 Å². The topological polar surface area (TPSA) is 32.5 Å². The maximum atomic E-state index is 5.77. The Morgan fingerprint density at radius 1 is 0.895 bits per heavy atom. The van der Waals surface area contributed by atoms with Gasteiger partial charge < -0.3 is 15.5 Å². The predicted octanol–water partition coefficient (Wildman–Crippen LogP) is 2.03. The molecule has 1 heterocycles. The van der Waals surface area contributed by atoms with E-state index in [2.05, 4.69) is 23.6 Å². The standard InChI is InChI=1S/C16H33N3/c1-14(2)12-18-7-9-19(10-8-18)13-16-5-3-15(11-17)4-6-16/h14-16H,3-13,17H2,1-2H3. The third-order valence-corrected chi connectivity index (χ3v) is 4.90. The molecule has 1 aliphatic carbocycles. The van der Waals surface area contributed by atoms with Crippen LogP contribution in [0.15, 0.2) is 0 Å². The highest BCUT2D eigenvalue weighted by Gasteiger charge is 2.24. The summed E-state index contributed by atoms with van der Waals surface area (Å²) in [6.07, 6.45) is 5.56. The fourth-order valence-corrected chi connectivity index (χ4v) is 3.69. The van der Waals surface area contributed by atoms with E-state index in [1.807, 2.05) is 0 Å². The molecule has 0 radical (unpaired) electrons. The molecule has 19 heavy (non-hydrogen) atoms. The number of hydrogen-bond donors (Lipinski definition) is 1. The van der Waals surface area contributed by atoms with Gasteiger partial charge in [-0.05, 0) is 50.0 Å². The van der Waals surface area contributed by atoms with Gasteiger partial charge in [0, 0.05) is 39.3 Å². The first-order valence-electron chi connectivity index (χ1n) is 8.32. The normalized spacial score (nSPS) is 30.9. The van der Waals surface area contributed by atoms with Gasteiger partial charge in [0.2, 0.25) is 0 Å². The number of hydrogen-bond acceptors (Lipinski definition) is 3. The Balaban J connectivity index is 1.63. The largest absolute Gasteiger partial charge is 0.330 e. The molecule has 0 unspecified atom stereocenters. The minimum atomic E-state index is 0.804. The highest BCUT2D eigenvalue weighted by molar-refractivity contribution is 4.79. The third kappa shape index (κ3) is 5.05. The van der Waals surface area contributed by atoms with Crippen LogP contribution in [0.25, 0.3) is 0 Å². The Labute approximate surface area is 119 Å². The van der Waals surface area contributed by atoms with E-state index in [0.717, 1.165) is 24.3 Å². The Kier molecular flexibility index (Phi) is 6.11. The van der Waals surface area contributed by atoms with E-state index in [9.17, 15) is 0 Å². The van der Waals surface area contributed by atoms with Crippen molar-refractivity contribution >= 4 is 0 Å². The van der Waals surface area contributed by atoms with Crippen LogP contribution in [-0.2, 0) is 0 Å². The van der Waals surface area contributed by atoms with Crippen LogP contribution in [0.1, 0.15) is 39.5 Å². The van der Waals surface area contributed by atoms with Crippen LogP contribution in [-0.4, -0.2) is 55.6 Å². The lowest BCUT2D eigenvalue weighted by Crippen LogP contribution is -2.48. The fraction of sp³-hybridized carbons (Fsp3) is 1.00. The smallest absolute Gasteiger partial charge is 0.0110 e. The molecule has 0 bridgehead atoms. The molecule has 0 aromatic rings. The van der Waals surface area contributed by atoms with Gasteiger partial charge in [-0.1, -0.05) is 13.8 Å². The summed E-state index contributed by atoms with van der Waals surface area (Å²) in [5.41, 5.74) is 5.77. The van der Waals surface area contributed by atoms with Crippen LogP contribution in [0.4, 0.5) is 0 Å². The minimum Gasteiger partial charge on any atom is -0.330 e. The molecule has 1 aliphatic heterocycles. The summed E-state index contributed by atoms with van der Waals surface area (Å²) in [6.45, 7) is 13.3. The van der Waals surface area contributed by atoms with Crippen LogP contribution >= 0.6 is 0 Å². The first kappa shape index (κ1) is 15.3. The average molecular weight is 267 g/mol.